The summed E-state index contributed by atoms with van der Waals surface area (Å²) in [5.41, 5.74) is 0. The number of hydrogen-bond donors (Lipinski definition) is 1. The van der Waals surface area contributed by atoms with Gasteiger partial charge in [0.1, 0.15) is 0 Å². The van der Waals surface area contributed by atoms with Gasteiger partial charge in [0.15, 0.2) is 0 Å². The molecule has 1 heterocycles. The maximum Gasteiger partial charge on any atom is 0.424 e. The Hall–Kier alpha value is -0.940. The first-order chi connectivity index (χ1) is 11.9. The smallest absolute Gasteiger partial charge is 0.424 e. The highest BCUT2D eigenvalue weighted by molar-refractivity contribution is 7.88. The van der Waals surface area contributed by atoms with Crippen LogP contribution in [0.3, 0.4) is 0 Å². The summed E-state index contributed by atoms with van der Waals surface area (Å²) >= 11 is 0. The van der Waals surface area contributed by atoms with E-state index in [0.717, 1.165) is 6.26 Å². The number of rotatable bonds is 11. The summed E-state index contributed by atoms with van der Waals surface area (Å²) in [4.78, 5) is 12.3. The molecule has 1 unspecified atom stereocenters. The van der Waals surface area contributed by atoms with Gasteiger partial charge in [0, 0.05) is 39.4 Å². The Balaban J connectivity index is 2.49. The van der Waals surface area contributed by atoms with Crippen LogP contribution in [0.25, 0.3) is 0 Å². The SMILES string of the molecule is [CH2]CCN(C(=O)OCCC(CCOC)NS(C)(=O)=O)N1CCOCC1. The third-order valence-electron chi connectivity index (χ3n) is 3.65. The van der Waals surface area contributed by atoms with E-state index in [1.54, 1.807) is 12.1 Å². The first-order valence-corrected chi connectivity index (χ1v) is 10.3. The number of carbonyl (C=O) groups is 1. The van der Waals surface area contributed by atoms with E-state index in [1.807, 2.05) is 5.01 Å². The molecule has 0 saturated carbocycles. The van der Waals surface area contributed by atoms with Crippen molar-refractivity contribution in [1.29, 1.82) is 0 Å². The number of nitrogens with one attached hydrogen (secondary N) is 1. The average Bonchev–Trinajstić information content (AvgIpc) is 2.56. The molecule has 9 nitrogen and oxygen atoms in total. The Bertz CT molecular complexity index is 482. The predicted octanol–water partition coefficient (Wildman–Crippen LogP) is 0.241. The second-order valence-corrected chi connectivity index (χ2v) is 7.59. The van der Waals surface area contributed by atoms with Gasteiger partial charge >= 0.3 is 6.09 Å². The van der Waals surface area contributed by atoms with E-state index in [0.29, 0.717) is 58.7 Å². The lowest BCUT2D eigenvalue weighted by Gasteiger charge is -2.36. The van der Waals surface area contributed by atoms with Crippen molar-refractivity contribution in [1.82, 2.24) is 14.7 Å². The molecule has 0 spiro atoms. The van der Waals surface area contributed by atoms with Crippen molar-refractivity contribution in [2.45, 2.75) is 25.3 Å². The standard InChI is InChI=1S/C15H30N3O6S/c1-4-7-18(17-8-12-23-13-9-17)15(19)24-11-6-14(5-10-22-2)16-25(3,20)21/h14,16H,1,4-13H2,2-3H3. The molecule has 0 aromatic rings. The summed E-state index contributed by atoms with van der Waals surface area (Å²) < 4.78 is 41.0. The van der Waals surface area contributed by atoms with Crippen LogP contribution in [0.1, 0.15) is 19.3 Å². The number of morpholine rings is 1. The molecule has 10 heteroatoms. The van der Waals surface area contributed by atoms with Gasteiger partial charge in [-0.2, -0.15) is 0 Å². The molecule has 1 aliphatic heterocycles. The van der Waals surface area contributed by atoms with Gasteiger partial charge in [-0.05, 0) is 19.3 Å². The summed E-state index contributed by atoms with van der Waals surface area (Å²) in [6.07, 6.45) is 2.11. The molecule has 1 rings (SSSR count). The zero-order chi connectivity index (χ0) is 18.7. The van der Waals surface area contributed by atoms with Crippen LogP contribution >= 0.6 is 0 Å². The maximum absolute atomic E-state index is 12.3. The van der Waals surface area contributed by atoms with Crippen molar-refractivity contribution in [3.63, 3.8) is 0 Å². The highest BCUT2D eigenvalue weighted by Gasteiger charge is 2.24. The third kappa shape index (κ3) is 9.36. The van der Waals surface area contributed by atoms with Gasteiger partial charge in [0.05, 0.1) is 26.1 Å². The number of hydrogen-bond acceptors (Lipinski definition) is 7. The summed E-state index contributed by atoms with van der Waals surface area (Å²) in [5.74, 6) is 0. The second kappa shape index (κ2) is 11.6. The van der Waals surface area contributed by atoms with E-state index in [1.165, 1.54) is 0 Å². The topological polar surface area (TPSA) is 97.4 Å². The molecular formula is C15H30N3O6S. The Morgan fingerprint density at radius 1 is 1.32 bits per heavy atom. The van der Waals surface area contributed by atoms with E-state index in [-0.39, 0.29) is 12.6 Å². The lowest BCUT2D eigenvalue weighted by Crippen LogP contribution is -2.52. The van der Waals surface area contributed by atoms with Crippen LogP contribution in [0.4, 0.5) is 4.79 Å². The Morgan fingerprint density at radius 2 is 1.96 bits per heavy atom. The van der Waals surface area contributed by atoms with Gasteiger partial charge in [-0.1, -0.05) is 6.92 Å². The Kier molecular flexibility index (Phi) is 10.3. The molecule has 1 amide bonds. The van der Waals surface area contributed by atoms with Crippen molar-refractivity contribution in [3.8, 4) is 0 Å². The number of hydrazine groups is 1. The Labute approximate surface area is 150 Å². The van der Waals surface area contributed by atoms with Crippen LogP contribution in [0, 0.1) is 6.92 Å². The molecule has 1 N–H and O–H groups in total. The minimum absolute atomic E-state index is 0.119. The molecule has 1 saturated heterocycles. The molecule has 1 atom stereocenters. The second-order valence-electron chi connectivity index (χ2n) is 5.81. The van der Waals surface area contributed by atoms with Crippen LogP contribution in [0.2, 0.25) is 0 Å². The fourth-order valence-corrected chi connectivity index (χ4v) is 3.32. The van der Waals surface area contributed by atoms with Crippen LogP contribution < -0.4 is 4.72 Å². The molecule has 1 fully saturated rings. The number of sulfonamides is 1. The number of amides is 1. The monoisotopic (exact) mass is 380 g/mol. The molecular weight excluding hydrogens is 350 g/mol. The van der Waals surface area contributed by atoms with Crippen molar-refractivity contribution >= 4 is 16.1 Å². The van der Waals surface area contributed by atoms with Crippen LogP contribution in [-0.4, -0.2) is 90.0 Å². The van der Waals surface area contributed by atoms with E-state index >= 15 is 0 Å². The Morgan fingerprint density at radius 3 is 2.52 bits per heavy atom. The minimum atomic E-state index is -3.33. The van der Waals surface area contributed by atoms with Gasteiger partial charge in [0.2, 0.25) is 10.0 Å². The predicted molar refractivity (Wildman–Crippen MR) is 93.3 cm³/mol. The van der Waals surface area contributed by atoms with Crippen LogP contribution in [-0.2, 0) is 24.2 Å². The minimum Gasteiger partial charge on any atom is -0.448 e. The normalized spacial score (nSPS) is 17.2. The third-order valence-corrected chi connectivity index (χ3v) is 4.41. The molecule has 0 aromatic carbocycles. The number of methoxy groups -OCH3 is 1. The van der Waals surface area contributed by atoms with Gasteiger partial charge in [-0.15, -0.1) is 0 Å². The molecule has 1 radical (unpaired) electrons. The van der Waals surface area contributed by atoms with Crippen molar-refractivity contribution in [2.24, 2.45) is 0 Å². The van der Waals surface area contributed by atoms with Gasteiger partial charge < -0.3 is 14.2 Å². The number of nitrogens with zero attached hydrogens (tertiary/aromatic N) is 2. The van der Waals surface area contributed by atoms with Crippen molar-refractivity contribution in [3.05, 3.63) is 6.92 Å². The van der Waals surface area contributed by atoms with Gasteiger partial charge in [-0.3, -0.25) is 0 Å². The van der Waals surface area contributed by atoms with Gasteiger partial charge in [0.25, 0.3) is 0 Å². The lowest BCUT2D eigenvalue weighted by molar-refractivity contribution is -0.0790. The average molecular weight is 380 g/mol. The molecule has 147 valence electrons. The van der Waals surface area contributed by atoms with E-state index < -0.39 is 16.1 Å². The molecule has 25 heavy (non-hydrogen) atoms. The van der Waals surface area contributed by atoms with E-state index in [4.69, 9.17) is 14.2 Å². The summed E-state index contributed by atoms with van der Waals surface area (Å²) in [6.45, 7) is 7.18. The quantitative estimate of drug-likeness (QED) is 0.548. The highest BCUT2D eigenvalue weighted by atomic mass is 32.2. The first kappa shape index (κ1) is 22.1. The molecule has 0 bridgehead atoms. The number of carbonyl (C=O) groups excluding carboxylic acids is 1. The van der Waals surface area contributed by atoms with Gasteiger partial charge in [-0.25, -0.2) is 28.0 Å². The molecule has 0 aliphatic carbocycles. The summed E-state index contributed by atoms with van der Waals surface area (Å²) in [7, 11) is -1.78. The zero-order valence-corrected chi connectivity index (χ0v) is 15.9. The summed E-state index contributed by atoms with van der Waals surface area (Å²) in [5, 5.41) is 3.44. The fraction of sp³-hybridized carbons (Fsp3) is 0.867. The van der Waals surface area contributed by atoms with Crippen LogP contribution in [0.5, 0.6) is 0 Å². The maximum atomic E-state index is 12.3. The van der Waals surface area contributed by atoms with E-state index in [2.05, 4.69) is 11.6 Å². The molecule has 1 aliphatic rings. The largest absolute Gasteiger partial charge is 0.448 e. The molecule has 0 aromatic heterocycles. The number of ether oxygens (including phenoxy) is 3. The zero-order valence-electron chi connectivity index (χ0n) is 15.1. The van der Waals surface area contributed by atoms with E-state index in [9.17, 15) is 13.2 Å². The lowest BCUT2D eigenvalue weighted by atomic mass is 10.2. The highest BCUT2D eigenvalue weighted by Crippen LogP contribution is 2.08. The van der Waals surface area contributed by atoms with Crippen molar-refractivity contribution < 1.29 is 27.4 Å². The first-order valence-electron chi connectivity index (χ1n) is 8.39. The summed E-state index contributed by atoms with van der Waals surface area (Å²) in [6, 6.07) is -0.340. The fourth-order valence-electron chi connectivity index (χ4n) is 2.48. The van der Waals surface area contributed by atoms with Crippen LogP contribution in [0.15, 0.2) is 0 Å². The van der Waals surface area contributed by atoms with Crippen molar-refractivity contribution in [2.75, 3.05) is 59.4 Å².